The van der Waals surface area contributed by atoms with Crippen LogP contribution in [0.4, 0.5) is 11.5 Å². The molecule has 1 aliphatic heterocycles. The predicted octanol–water partition coefficient (Wildman–Crippen LogP) is 3.19. The highest BCUT2D eigenvalue weighted by atomic mass is 16.5. The van der Waals surface area contributed by atoms with Crippen molar-refractivity contribution in [1.82, 2.24) is 15.0 Å². The molecule has 0 radical (unpaired) electrons. The number of ether oxygens (including phenoxy) is 1. The number of rotatable bonds is 4. The van der Waals surface area contributed by atoms with Gasteiger partial charge in [-0.15, -0.1) is 0 Å². The van der Waals surface area contributed by atoms with E-state index < -0.39 is 0 Å². The second kappa shape index (κ2) is 7.72. The van der Waals surface area contributed by atoms with E-state index in [0.717, 1.165) is 66.6 Å². The molecule has 138 valence electrons. The third kappa shape index (κ3) is 3.61. The Labute approximate surface area is 159 Å². The summed E-state index contributed by atoms with van der Waals surface area (Å²) in [6, 6.07) is 11.7. The minimum atomic E-state index is 0.709. The Morgan fingerprint density at radius 2 is 1.67 bits per heavy atom. The average molecular weight is 361 g/mol. The summed E-state index contributed by atoms with van der Waals surface area (Å²) >= 11 is 0. The molecule has 2 N–H and O–H groups in total. The Kier molecular flexibility index (Phi) is 4.98. The van der Waals surface area contributed by atoms with Crippen LogP contribution < -0.4 is 10.6 Å². The summed E-state index contributed by atoms with van der Waals surface area (Å²) in [5, 5.41) is 0. The van der Waals surface area contributed by atoms with Crippen molar-refractivity contribution < 1.29 is 4.74 Å². The lowest BCUT2D eigenvalue weighted by Gasteiger charge is -2.30. The molecule has 0 atom stereocenters. The molecule has 1 aliphatic rings. The number of anilines is 2. The van der Waals surface area contributed by atoms with E-state index in [4.69, 9.17) is 20.4 Å². The lowest BCUT2D eigenvalue weighted by atomic mass is 10.0. The predicted molar refractivity (Wildman–Crippen MR) is 108 cm³/mol. The van der Waals surface area contributed by atoms with Gasteiger partial charge in [0.05, 0.1) is 18.9 Å². The van der Waals surface area contributed by atoms with Crippen LogP contribution >= 0.6 is 0 Å². The summed E-state index contributed by atoms with van der Waals surface area (Å²) in [5.74, 6) is 1.70. The molecule has 3 heterocycles. The van der Waals surface area contributed by atoms with Gasteiger partial charge in [-0.1, -0.05) is 6.92 Å². The molecule has 0 saturated carbocycles. The zero-order valence-electron chi connectivity index (χ0n) is 15.4. The fourth-order valence-electron chi connectivity index (χ4n) is 3.34. The highest BCUT2D eigenvalue weighted by Crippen LogP contribution is 2.32. The first-order valence-electron chi connectivity index (χ1n) is 9.26. The van der Waals surface area contributed by atoms with Crippen LogP contribution in [0.3, 0.4) is 0 Å². The Balaban J connectivity index is 1.90. The Hall–Kier alpha value is -2.99. The molecule has 3 aromatic rings. The number of aromatic nitrogens is 3. The van der Waals surface area contributed by atoms with Crippen LogP contribution in [0.15, 0.2) is 48.8 Å². The summed E-state index contributed by atoms with van der Waals surface area (Å²) in [7, 11) is 0. The van der Waals surface area contributed by atoms with Gasteiger partial charge in [0.25, 0.3) is 0 Å². The maximum Gasteiger partial charge on any atom is 0.162 e. The smallest absolute Gasteiger partial charge is 0.162 e. The van der Waals surface area contributed by atoms with Crippen LogP contribution in [0.2, 0.25) is 0 Å². The number of morpholine rings is 1. The van der Waals surface area contributed by atoms with Crippen LogP contribution in [-0.4, -0.2) is 41.3 Å². The van der Waals surface area contributed by atoms with Crippen LogP contribution in [0, 0.1) is 0 Å². The van der Waals surface area contributed by atoms with Gasteiger partial charge in [0, 0.05) is 47.9 Å². The van der Waals surface area contributed by atoms with E-state index in [-0.39, 0.29) is 0 Å². The second-order valence-electron chi connectivity index (χ2n) is 6.51. The number of hydrogen-bond acceptors (Lipinski definition) is 6. The Morgan fingerprint density at radius 3 is 2.33 bits per heavy atom. The normalized spacial score (nSPS) is 14.3. The van der Waals surface area contributed by atoms with E-state index in [9.17, 15) is 0 Å². The minimum absolute atomic E-state index is 0.709. The molecule has 6 nitrogen and oxygen atoms in total. The van der Waals surface area contributed by atoms with Crippen LogP contribution in [0.25, 0.3) is 22.6 Å². The highest BCUT2D eigenvalue weighted by Gasteiger charge is 2.21. The largest absolute Gasteiger partial charge is 0.399 e. The van der Waals surface area contributed by atoms with Crippen molar-refractivity contribution in [3.05, 3.63) is 54.4 Å². The van der Waals surface area contributed by atoms with E-state index in [2.05, 4.69) is 16.8 Å². The van der Waals surface area contributed by atoms with Crippen molar-refractivity contribution in [1.29, 1.82) is 0 Å². The molecule has 6 heteroatoms. The van der Waals surface area contributed by atoms with Crippen molar-refractivity contribution in [2.45, 2.75) is 13.3 Å². The van der Waals surface area contributed by atoms with Gasteiger partial charge in [0.2, 0.25) is 0 Å². The molecule has 0 aliphatic carbocycles. The molecule has 0 amide bonds. The van der Waals surface area contributed by atoms with Crippen molar-refractivity contribution in [2.24, 2.45) is 0 Å². The first kappa shape index (κ1) is 17.4. The first-order chi connectivity index (χ1) is 13.3. The lowest BCUT2D eigenvalue weighted by molar-refractivity contribution is 0.122. The number of hydrogen-bond donors (Lipinski definition) is 1. The monoisotopic (exact) mass is 361 g/mol. The molecule has 1 aromatic carbocycles. The Bertz CT molecular complexity index is 906. The molecular weight excluding hydrogens is 338 g/mol. The topological polar surface area (TPSA) is 77.2 Å². The number of nitrogen functional groups attached to an aromatic ring is 1. The van der Waals surface area contributed by atoms with Crippen molar-refractivity contribution >= 4 is 11.5 Å². The third-order valence-corrected chi connectivity index (χ3v) is 4.77. The van der Waals surface area contributed by atoms with Gasteiger partial charge in [0.1, 0.15) is 5.82 Å². The van der Waals surface area contributed by atoms with Gasteiger partial charge in [0.15, 0.2) is 5.82 Å². The molecule has 27 heavy (non-hydrogen) atoms. The molecular formula is C21H23N5O. The van der Waals surface area contributed by atoms with E-state index in [1.54, 1.807) is 12.4 Å². The van der Waals surface area contributed by atoms with Crippen LogP contribution in [-0.2, 0) is 11.2 Å². The molecule has 1 saturated heterocycles. The summed E-state index contributed by atoms with van der Waals surface area (Å²) < 4.78 is 5.53. The SMILES string of the molecule is CCc1c(-c2ccncc2)nc(-c2ccc(N)cc2)nc1N1CCOCC1. The van der Waals surface area contributed by atoms with Gasteiger partial charge < -0.3 is 15.4 Å². The standard InChI is InChI=1S/C21H23N5O/c1-2-18-19(15-7-9-23-10-8-15)24-20(16-3-5-17(22)6-4-16)25-21(18)26-11-13-27-14-12-26/h3-10H,2,11-14,22H2,1H3. The van der Waals surface area contributed by atoms with Gasteiger partial charge >= 0.3 is 0 Å². The fraction of sp³-hybridized carbons (Fsp3) is 0.286. The van der Waals surface area contributed by atoms with Crippen molar-refractivity contribution in [2.75, 3.05) is 36.9 Å². The average Bonchev–Trinajstić information content (AvgIpc) is 2.74. The third-order valence-electron chi connectivity index (χ3n) is 4.77. The van der Waals surface area contributed by atoms with Gasteiger partial charge in [-0.25, -0.2) is 9.97 Å². The zero-order chi connectivity index (χ0) is 18.6. The number of benzene rings is 1. The van der Waals surface area contributed by atoms with Crippen LogP contribution in [0.5, 0.6) is 0 Å². The van der Waals surface area contributed by atoms with Gasteiger partial charge in [-0.05, 0) is 42.8 Å². The molecule has 0 spiro atoms. The molecule has 4 rings (SSSR count). The number of nitrogens with zero attached hydrogens (tertiary/aromatic N) is 4. The molecule has 0 bridgehead atoms. The summed E-state index contributed by atoms with van der Waals surface area (Å²) in [4.78, 5) is 16.3. The van der Waals surface area contributed by atoms with E-state index in [0.29, 0.717) is 5.82 Å². The van der Waals surface area contributed by atoms with Crippen molar-refractivity contribution in [3.8, 4) is 22.6 Å². The minimum Gasteiger partial charge on any atom is -0.399 e. The first-order valence-corrected chi connectivity index (χ1v) is 9.26. The summed E-state index contributed by atoms with van der Waals surface area (Å²) in [5.41, 5.74) is 10.7. The van der Waals surface area contributed by atoms with E-state index in [1.165, 1.54) is 0 Å². The van der Waals surface area contributed by atoms with Gasteiger partial charge in [-0.2, -0.15) is 0 Å². The Morgan fingerprint density at radius 1 is 0.963 bits per heavy atom. The maximum atomic E-state index is 5.85. The lowest BCUT2D eigenvalue weighted by Crippen LogP contribution is -2.37. The van der Waals surface area contributed by atoms with Crippen molar-refractivity contribution in [3.63, 3.8) is 0 Å². The molecule has 2 aromatic heterocycles. The molecule has 1 fully saturated rings. The van der Waals surface area contributed by atoms with Gasteiger partial charge in [-0.3, -0.25) is 4.98 Å². The van der Waals surface area contributed by atoms with E-state index >= 15 is 0 Å². The zero-order valence-corrected chi connectivity index (χ0v) is 15.4. The summed E-state index contributed by atoms with van der Waals surface area (Å²) in [6.45, 7) is 5.25. The van der Waals surface area contributed by atoms with Crippen LogP contribution in [0.1, 0.15) is 12.5 Å². The second-order valence-corrected chi connectivity index (χ2v) is 6.51. The fourth-order valence-corrected chi connectivity index (χ4v) is 3.34. The quantitative estimate of drug-likeness (QED) is 0.719. The maximum absolute atomic E-state index is 5.85. The number of pyridine rings is 1. The number of nitrogens with two attached hydrogens (primary N) is 1. The molecule has 0 unspecified atom stereocenters. The van der Waals surface area contributed by atoms with E-state index in [1.807, 2.05) is 36.4 Å². The summed E-state index contributed by atoms with van der Waals surface area (Å²) in [6.07, 6.45) is 4.45. The highest BCUT2D eigenvalue weighted by molar-refractivity contribution is 5.73.